The predicted octanol–water partition coefficient (Wildman–Crippen LogP) is 6.30. The van der Waals surface area contributed by atoms with Gasteiger partial charge in [-0.2, -0.15) is 0 Å². The van der Waals surface area contributed by atoms with E-state index < -0.39 is 0 Å². The van der Waals surface area contributed by atoms with Crippen molar-refractivity contribution in [1.29, 1.82) is 0 Å². The van der Waals surface area contributed by atoms with Crippen molar-refractivity contribution >= 4 is 5.97 Å². The molecule has 5 nitrogen and oxygen atoms in total. The number of aliphatic hydroxyl groups excluding tert-OH is 1. The molecule has 1 saturated carbocycles. The second kappa shape index (κ2) is 11.6. The molecular formula is C26H36O5. The molecular weight excluding hydrogens is 392 g/mol. The molecule has 0 saturated heterocycles. The highest BCUT2D eigenvalue weighted by molar-refractivity contribution is 5.65. The summed E-state index contributed by atoms with van der Waals surface area (Å²) in [5.41, 5.74) is 2.95. The lowest BCUT2D eigenvalue weighted by atomic mass is 9.99. The molecule has 0 unspecified atom stereocenters. The Morgan fingerprint density at radius 3 is 2.58 bits per heavy atom. The molecule has 1 N–H and O–H groups in total. The maximum atomic E-state index is 10.9. The molecule has 0 aliphatic heterocycles. The molecule has 0 amide bonds. The van der Waals surface area contributed by atoms with Crippen LogP contribution in [0.15, 0.2) is 53.5 Å². The van der Waals surface area contributed by atoms with Gasteiger partial charge in [-0.15, -0.1) is 0 Å². The molecule has 170 valence electrons. The quantitative estimate of drug-likeness (QED) is 0.183. The Bertz CT molecular complexity index is 843. The van der Waals surface area contributed by atoms with Gasteiger partial charge >= 0.3 is 5.97 Å². The van der Waals surface area contributed by atoms with Crippen molar-refractivity contribution in [2.45, 2.75) is 59.8 Å². The van der Waals surface area contributed by atoms with Crippen LogP contribution in [0.5, 0.6) is 11.5 Å². The van der Waals surface area contributed by atoms with Gasteiger partial charge in [-0.3, -0.25) is 4.79 Å². The summed E-state index contributed by atoms with van der Waals surface area (Å²) in [5, 5.41) is 10.9. The molecule has 2 rings (SSSR count). The van der Waals surface area contributed by atoms with Gasteiger partial charge in [-0.25, -0.2) is 0 Å². The monoisotopic (exact) mass is 428 g/mol. The van der Waals surface area contributed by atoms with Crippen LogP contribution in [0.3, 0.4) is 0 Å². The summed E-state index contributed by atoms with van der Waals surface area (Å²) in [6.45, 7) is 12.0. The zero-order valence-electron chi connectivity index (χ0n) is 19.5. The highest BCUT2D eigenvalue weighted by Gasteiger charge is 2.31. The van der Waals surface area contributed by atoms with Crippen LogP contribution >= 0.6 is 0 Å². The first kappa shape index (κ1) is 24.6. The number of aryl methyl sites for hydroxylation is 1. The van der Waals surface area contributed by atoms with E-state index in [0.717, 1.165) is 48.1 Å². The molecule has 1 aromatic carbocycles. The lowest BCUT2D eigenvalue weighted by molar-refractivity contribution is -0.140. The number of carbonyl (C=O) groups excluding carboxylic acids is 1. The van der Waals surface area contributed by atoms with Gasteiger partial charge in [0, 0.05) is 25.0 Å². The lowest BCUT2D eigenvalue weighted by Crippen LogP contribution is -2.05. The molecule has 1 aliphatic rings. The van der Waals surface area contributed by atoms with E-state index in [1.807, 2.05) is 31.2 Å². The minimum absolute atomic E-state index is 0.0755. The summed E-state index contributed by atoms with van der Waals surface area (Å²) in [6, 6.07) is 5.73. The van der Waals surface area contributed by atoms with Crippen molar-refractivity contribution in [3.05, 3.63) is 59.1 Å². The van der Waals surface area contributed by atoms with E-state index in [4.69, 9.17) is 14.2 Å². The van der Waals surface area contributed by atoms with Crippen molar-refractivity contribution in [3.8, 4) is 11.5 Å². The van der Waals surface area contributed by atoms with Crippen LogP contribution in [-0.4, -0.2) is 24.8 Å². The Morgan fingerprint density at radius 1 is 1.29 bits per heavy atom. The summed E-state index contributed by atoms with van der Waals surface area (Å²) >= 11 is 0. The van der Waals surface area contributed by atoms with Crippen molar-refractivity contribution in [3.63, 3.8) is 0 Å². The maximum Gasteiger partial charge on any atom is 0.302 e. The molecule has 0 spiro atoms. The summed E-state index contributed by atoms with van der Waals surface area (Å²) in [4.78, 5) is 10.9. The fourth-order valence-corrected chi connectivity index (χ4v) is 3.44. The molecule has 0 aromatic heterocycles. The first-order valence-electron chi connectivity index (χ1n) is 11.0. The first-order valence-corrected chi connectivity index (χ1v) is 11.0. The van der Waals surface area contributed by atoms with Crippen LogP contribution in [0.2, 0.25) is 0 Å². The van der Waals surface area contributed by atoms with Crippen LogP contribution in [0.25, 0.3) is 0 Å². The Hall–Kier alpha value is -2.69. The fraction of sp³-hybridized carbons (Fsp3) is 0.500. The minimum atomic E-state index is -0.292. The van der Waals surface area contributed by atoms with Crippen LogP contribution in [0.1, 0.15) is 58.9 Å². The van der Waals surface area contributed by atoms with Gasteiger partial charge in [0.15, 0.2) is 11.5 Å². The van der Waals surface area contributed by atoms with Crippen LogP contribution < -0.4 is 9.47 Å². The maximum absolute atomic E-state index is 10.9. The van der Waals surface area contributed by atoms with Gasteiger partial charge in [-0.05, 0) is 61.6 Å². The number of esters is 1. The number of methoxy groups -OCH3 is 1. The highest BCUT2D eigenvalue weighted by Crippen LogP contribution is 2.42. The van der Waals surface area contributed by atoms with Crippen molar-refractivity contribution in [2.75, 3.05) is 13.7 Å². The Labute approximate surface area is 186 Å². The summed E-state index contributed by atoms with van der Waals surface area (Å²) in [7, 11) is 1.65. The van der Waals surface area contributed by atoms with E-state index >= 15 is 0 Å². The largest absolute Gasteiger partial charge is 0.504 e. The predicted molar refractivity (Wildman–Crippen MR) is 123 cm³/mol. The number of hydrogen-bond donors (Lipinski definition) is 1. The zero-order valence-corrected chi connectivity index (χ0v) is 19.5. The number of carbonyl (C=O) groups is 1. The second-order valence-corrected chi connectivity index (χ2v) is 8.48. The standard InChI is InChI=1S/C26H36O5/c1-17(2)9-10-21-13-14-23(16-24(21)29-6)31-19(4)26(28)25(22-11-12-22)18(3)8-7-15-30-20(5)27/h8,13-14,16-17,22,28H,4,7,9-12,15H2,1-3,5-6H3/b18-8-,26-25-. The Morgan fingerprint density at radius 2 is 2.00 bits per heavy atom. The van der Waals surface area contributed by atoms with E-state index in [2.05, 4.69) is 20.4 Å². The fourth-order valence-electron chi connectivity index (χ4n) is 3.44. The molecule has 0 atom stereocenters. The van der Waals surface area contributed by atoms with Gasteiger partial charge in [0.1, 0.15) is 11.5 Å². The third-order valence-electron chi connectivity index (χ3n) is 5.29. The highest BCUT2D eigenvalue weighted by atomic mass is 16.5. The summed E-state index contributed by atoms with van der Waals surface area (Å²) < 4.78 is 16.4. The topological polar surface area (TPSA) is 65.0 Å². The number of allylic oxidation sites excluding steroid dienone is 2. The van der Waals surface area contributed by atoms with E-state index in [0.29, 0.717) is 30.6 Å². The van der Waals surface area contributed by atoms with E-state index in [1.165, 1.54) is 6.92 Å². The van der Waals surface area contributed by atoms with Gasteiger partial charge in [0.25, 0.3) is 0 Å². The lowest BCUT2D eigenvalue weighted by Gasteiger charge is -2.16. The molecule has 5 heteroatoms. The van der Waals surface area contributed by atoms with Crippen molar-refractivity contribution < 1.29 is 24.1 Å². The van der Waals surface area contributed by atoms with Crippen LogP contribution in [-0.2, 0) is 16.0 Å². The molecule has 0 radical (unpaired) electrons. The van der Waals surface area contributed by atoms with Crippen LogP contribution in [0.4, 0.5) is 0 Å². The second-order valence-electron chi connectivity index (χ2n) is 8.48. The first-order chi connectivity index (χ1) is 14.7. The van der Waals surface area contributed by atoms with Gasteiger partial charge in [0.05, 0.1) is 13.7 Å². The van der Waals surface area contributed by atoms with E-state index in [1.54, 1.807) is 7.11 Å². The van der Waals surface area contributed by atoms with Crippen molar-refractivity contribution in [2.24, 2.45) is 11.8 Å². The average Bonchev–Trinajstić information content (AvgIpc) is 3.54. The van der Waals surface area contributed by atoms with Gasteiger partial charge < -0.3 is 19.3 Å². The molecule has 1 aromatic rings. The minimum Gasteiger partial charge on any atom is -0.504 e. The molecule has 1 fully saturated rings. The van der Waals surface area contributed by atoms with E-state index in [-0.39, 0.29) is 17.5 Å². The SMILES string of the molecule is C=C(Oc1ccc(CCC(C)C)c(OC)c1)/C(O)=C(\C(C)=C/CCOC(C)=O)C1CC1. The number of aliphatic hydroxyl groups is 1. The number of hydrogen-bond acceptors (Lipinski definition) is 5. The van der Waals surface area contributed by atoms with Crippen molar-refractivity contribution in [1.82, 2.24) is 0 Å². The molecule has 0 bridgehead atoms. The number of rotatable bonds is 12. The number of benzene rings is 1. The third kappa shape index (κ3) is 7.82. The zero-order chi connectivity index (χ0) is 23.0. The Balaban J connectivity index is 2.13. The average molecular weight is 429 g/mol. The Kier molecular flexibility index (Phi) is 9.22. The molecule has 1 aliphatic carbocycles. The molecule has 0 heterocycles. The van der Waals surface area contributed by atoms with Gasteiger partial charge in [0.2, 0.25) is 0 Å². The van der Waals surface area contributed by atoms with Gasteiger partial charge in [-0.1, -0.05) is 32.6 Å². The summed E-state index contributed by atoms with van der Waals surface area (Å²) in [5.74, 6) is 2.27. The summed E-state index contributed by atoms with van der Waals surface area (Å²) in [6.07, 6.45) is 6.65. The smallest absolute Gasteiger partial charge is 0.302 e. The molecule has 31 heavy (non-hydrogen) atoms. The number of ether oxygens (including phenoxy) is 3. The third-order valence-corrected chi connectivity index (χ3v) is 5.29. The van der Waals surface area contributed by atoms with E-state index in [9.17, 15) is 9.90 Å². The normalized spacial score (nSPS) is 14.8. The van der Waals surface area contributed by atoms with Crippen LogP contribution in [0, 0.1) is 11.8 Å².